The van der Waals surface area contributed by atoms with Crippen LogP contribution in [0.15, 0.2) is 27.1 Å². The van der Waals surface area contributed by atoms with E-state index in [2.05, 4.69) is 37.2 Å². The third kappa shape index (κ3) is 8.72. The van der Waals surface area contributed by atoms with Gasteiger partial charge in [-0.1, -0.05) is 37.9 Å². The Hall–Kier alpha value is -1.08. The van der Waals surface area contributed by atoms with E-state index < -0.39 is 29.3 Å². The highest BCUT2D eigenvalue weighted by atomic mass is 79.9. The highest BCUT2D eigenvalue weighted by Crippen LogP contribution is 2.24. The van der Waals surface area contributed by atoms with E-state index in [1.54, 1.807) is 41.5 Å². The SMILES string of the molecule is CC(C)(C)OC(=O)NC(Cc1ccc(Br)cc1Br)C(=O)OC(C)(C)C. The molecule has 25 heavy (non-hydrogen) atoms. The van der Waals surface area contributed by atoms with Gasteiger partial charge in [-0.15, -0.1) is 0 Å². The summed E-state index contributed by atoms with van der Waals surface area (Å²) in [5, 5.41) is 2.62. The molecule has 0 bridgehead atoms. The number of rotatable bonds is 4. The summed E-state index contributed by atoms with van der Waals surface area (Å²) in [4.78, 5) is 24.6. The zero-order chi connectivity index (χ0) is 19.4. The molecule has 1 unspecified atom stereocenters. The number of alkyl carbamates (subject to hydrolysis) is 1. The first-order valence-electron chi connectivity index (χ1n) is 7.93. The summed E-state index contributed by atoms with van der Waals surface area (Å²) >= 11 is 6.87. The van der Waals surface area contributed by atoms with E-state index in [-0.39, 0.29) is 6.42 Å². The molecule has 1 amide bonds. The first-order valence-corrected chi connectivity index (χ1v) is 9.52. The van der Waals surface area contributed by atoms with Crippen LogP contribution in [0.3, 0.4) is 0 Å². The number of carbonyl (C=O) groups excluding carboxylic acids is 2. The fourth-order valence-corrected chi connectivity index (χ4v) is 3.13. The molecule has 0 saturated heterocycles. The van der Waals surface area contributed by atoms with Crippen LogP contribution in [0.5, 0.6) is 0 Å². The van der Waals surface area contributed by atoms with Gasteiger partial charge in [0.05, 0.1) is 0 Å². The molecule has 1 N–H and O–H groups in total. The Balaban J connectivity index is 2.98. The number of esters is 1. The second kappa shape index (κ2) is 8.54. The van der Waals surface area contributed by atoms with Gasteiger partial charge in [0.2, 0.25) is 0 Å². The molecule has 0 aliphatic heterocycles. The zero-order valence-corrected chi connectivity index (χ0v) is 18.6. The highest BCUT2D eigenvalue weighted by molar-refractivity contribution is 9.11. The van der Waals surface area contributed by atoms with Gasteiger partial charge in [0.15, 0.2) is 0 Å². The van der Waals surface area contributed by atoms with E-state index in [0.29, 0.717) is 0 Å². The molecule has 140 valence electrons. The van der Waals surface area contributed by atoms with E-state index in [1.807, 2.05) is 18.2 Å². The Morgan fingerprint density at radius 1 is 1.04 bits per heavy atom. The van der Waals surface area contributed by atoms with Gasteiger partial charge < -0.3 is 14.8 Å². The maximum Gasteiger partial charge on any atom is 0.408 e. The minimum Gasteiger partial charge on any atom is -0.458 e. The van der Waals surface area contributed by atoms with Crippen molar-refractivity contribution in [3.05, 3.63) is 32.7 Å². The van der Waals surface area contributed by atoms with Gasteiger partial charge in [0, 0.05) is 15.4 Å². The molecule has 0 fully saturated rings. The second-order valence-electron chi connectivity index (χ2n) is 7.67. The molecule has 1 rings (SSSR count). The van der Waals surface area contributed by atoms with Crippen LogP contribution >= 0.6 is 31.9 Å². The van der Waals surface area contributed by atoms with Crippen molar-refractivity contribution in [1.82, 2.24) is 5.32 Å². The molecule has 0 radical (unpaired) electrons. The van der Waals surface area contributed by atoms with Crippen LogP contribution in [-0.4, -0.2) is 29.3 Å². The lowest BCUT2D eigenvalue weighted by molar-refractivity contribution is -0.157. The molecular weight excluding hydrogens is 454 g/mol. The molecular formula is C18H25Br2NO4. The second-order valence-corrected chi connectivity index (χ2v) is 9.44. The summed E-state index contributed by atoms with van der Waals surface area (Å²) < 4.78 is 12.4. The topological polar surface area (TPSA) is 64.6 Å². The van der Waals surface area contributed by atoms with Gasteiger partial charge in [-0.05, 0) is 59.2 Å². The molecule has 0 heterocycles. The standard InChI is InChI=1S/C18H25Br2NO4/c1-17(2,3)24-15(22)14(21-16(23)25-18(4,5)6)9-11-7-8-12(19)10-13(11)20/h7-8,10,14H,9H2,1-6H3,(H,21,23). The molecule has 1 aromatic carbocycles. The van der Waals surface area contributed by atoms with Crippen molar-refractivity contribution in [2.45, 2.75) is 65.2 Å². The molecule has 0 spiro atoms. The Kier molecular flexibility index (Phi) is 7.50. The van der Waals surface area contributed by atoms with E-state index in [0.717, 1.165) is 14.5 Å². The smallest absolute Gasteiger partial charge is 0.408 e. The van der Waals surface area contributed by atoms with Crippen molar-refractivity contribution in [3.63, 3.8) is 0 Å². The van der Waals surface area contributed by atoms with Crippen molar-refractivity contribution in [2.24, 2.45) is 0 Å². The van der Waals surface area contributed by atoms with Crippen LogP contribution in [0.2, 0.25) is 0 Å². The summed E-state index contributed by atoms with van der Waals surface area (Å²) in [5.41, 5.74) is -0.432. The van der Waals surface area contributed by atoms with Gasteiger partial charge in [-0.3, -0.25) is 0 Å². The monoisotopic (exact) mass is 477 g/mol. The van der Waals surface area contributed by atoms with Gasteiger partial charge in [-0.2, -0.15) is 0 Å². The van der Waals surface area contributed by atoms with Crippen molar-refractivity contribution in [2.75, 3.05) is 0 Å². The number of hydrogen-bond acceptors (Lipinski definition) is 4. The third-order valence-corrected chi connectivity index (χ3v) is 4.05. The molecule has 1 aromatic rings. The molecule has 0 aliphatic rings. The lowest BCUT2D eigenvalue weighted by atomic mass is 10.1. The minimum absolute atomic E-state index is 0.280. The van der Waals surface area contributed by atoms with E-state index >= 15 is 0 Å². The lowest BCUT2D eigenvalue weighted by Crippen LogP contribution is -2.47. The Morgan fingerprint density at radius 3 is 2.08 bits per heavy atom. The number of hydrogen-bond donors (Lipinski definition) is 1. The van der Waals surface area contributed by atoms with E-state index in [9.17, 15) is 9.59 Å². The number of carbonyl (C=O) groups is 2. The third-order valence-electron chi connectivity index (χ3n) is 2.82. The summed E-state index contributed by atoms with van der Waals surface area (Å²) in [6, 6.07) is 4.78. The Morgan fingerprint density at radius 2 is 1.60 bits per heavy atom. The Labute approximate surface area is 166 Å². The quantitative estimate of drug-likeness (QED) is 0.619. The van der Waals surface area contributed by atoms with Crippen molar-refractivity contribution >= 4 is 43.9 Å². The predicted molar refractivity (Wildman–Crippen MR) is 105 cm³/mol. The normalized spacial score (nSPS) is 13.1. The molecule has 0 aromatic heterocycles. The van der Waals surface area contributed by atoms with Crippen LogP contribution in [0, 0.1) is 0 Å². The number of benzene rings is 1. The number of halogens is 2. The average Bonchev–Trinajstić information content (AvgIpc) is 2.36. The Bertz CT molecular complexity index is 633. The lowest BCUT2D eigenvalue weighted by Gasteiger charge is -2.26. The number of nitrogens with one attached hydrogen (secondary N) is 1. The summed E-state index contributed by atoms with van der Waals surface area (Å²) in [6.45, 7) is 10.6. The summed E-state index contributed by atoms with van der Waals surface area (Å²) in [6.07, 6.45) is -0.376. The summed E-state index contributed by atoms with van der Waals surface area (Å²) in [5.74, 6) is -0.506. The predicted octanol–water partition coefficient (Wildman–Crippen LogP) is 4.99. The number of amides is 1. The van der Waals surface area contributed by atoms with Crippen LogP contribution < -0.4 is 5.32 Å². The van der Waals surface area contributed by atoms with E-state index in [1.165, 1.54) is 0 Å². The first kappa shape index (κ1) is 22.0. The number of ether oxygens (including phenoxy) is 2. The van der Waals surface area contributed by atoms with Crippen LogP contribution in [0.1, 0.15) is 47.1 Å². The van der Waals surface area contributed by atoms with Crippen molar-refractivity contribution in [3.8, 4) is 0 Å². The molecule has 1 atom stereocenters. The maximum absolute atomic E-state index is 12.5. The van der Waals surface area contributed by atoms with Crippen molar-refractivity contribution < 1.29 is 19.1 Å². The van der Waals surface area contributed by atoms with Crippen LogP contribution in [0.4, 0.5) is 4.79 Å². The molecule has 7 heteroatoms. The fourth-order valence-electron chi connectivity index (χ4n) is 1.92. The summed E-state index contributed by atoms with van der Waals surface area (Å²) in [7, 11) is 0. The minimum atomic E-state index is -0.855. The van der Waals surface area contributed by atoms with Crippen molar-refractivity contribution in [1.29, 1.82) is 0 Å². The maximum atomic E-state index is 12.5. The zero-order valence-electron chi connectivity index (χ0n) is 15.4. The largest absolute Gasteiger partial charge is 0.458 e. The van der Waals surface area contributed by atoms with Gasteiger partial charge >= 0.3 is 12.1 Å². The highest BCUT2D eigenvalue weighted by Gasteiger charge is 2.29. The van der Waals surface area contributed by atoms with E-state index in [4.69, 9.17) is 9.47 Å². The molecule has 0 saturated carbocycles. The van der Waals surface area contributed by atoms with Gasteiger partial charge in [0.25, 0.3) is 0 Å². The average molecular weight is 479 g/mol. The fraction of sp³-hybridized carbons (Fsp3) is 0.556. The molecule has 0 aliphatic carbocycles. The first-order chi connectivity index (χ1) is 11.3. The molecule has 5 nitrogen and oxygen atoms in total. The van der Waals surface area contributed by atoms with Crippen LogP contribution in [0.25, 0.3) is 0 Å². The van der Waals surface area contributed by atoms with Gasteiger partial charge in [0.1, 0.15) is 17.2 Å². The van der Waals surface area contributed by atoms with Gasteiger partial charge in [-0.25, -0.2) is 9.59 Å². The van der Waals surface area contributed by atoms with Crippen LogP contribution in [-0.2, 0) is 20.7 Å².